The lowest BCUT2D eigenvalue weighted by molar-refractivity contribution is -0.136. The SMILES string of the molecule is O=c1n(Cc2ccnc(-c3cccc(Cl)c3Cl)c2)nc(-c2ccc(Cl)cc2)n1CCC(F)(F)F. The maximum Gasteiger partial charge on any atom is 0.390 e. The molecule has 0 unspecified atom stereocenters. The molecule has 0 aliphatic heterocycles. The smallest absolute Gasteiger partial charge is 0.275 e. The van der Waals surface area contributed by atoms with Crippen LogP contribution < -0.4 is 5.69 Å². The molecule has 0 radical (unpaired) electrons. The van der Waals surface area contributed by atoms with Gasteiger partial charge in [-0.15, -0.1) is 5.10 Å². The van der Waals surface area contributed by atoms with Crippen molar-refractivity contribution in [3.05, 3.63) is 91.9 Å². The van der Waals surface area contributed by atoms with Crippen molar-refractivity contribution in [1.29, 1.82) is 0 Å². The molecule has 4 aromatic rings. The van der Waals surface area contributed by atoms with Gasteiger partial charge in [-0.1, -0.05) is 46.9 Å². The maximum absolute atomic E-state index is 13.0. The van der Waals surface area contributed by atoms with Crippen molar-refractivity contribution < 1.29 is 13.2 Å². The molecule has 0 N–H and O–H groups in total. The molecule has 0 atom stereocenters. The number of hydrogen-bond acceptors (Lipinski definition) is 3. The fourth-order valence-electron chi connectivity index (χ4n) is 3.39. The fraction of sp³-hybridized carbons (Fsp3) is 0.174. The first-order valence-corrected chi connectivity index (χ1v) is 11.2. The molecular weight excluding hydrogens is 512 g/mol. The molecule has 0 bridgehead atoms. The van der Waals surface area contributed by atoms with Gasteiger partial charge in [0.1, 0.15) is 0 Å². The summed E-state index contributed by atoms with van der Waals surface area (Å²) in [4.78, 5) is 17.3. The van der Waals surface area contributed by atoms with Crippen LogP contribution in [0.1, 0.15) is 12.0 Å². The zero-order chi connectivity index (χ0) is 24.5. The van der Waals surface area contributed by atoms with E-state index < -0.39 is 24.8 Å². The fourth-order valence-corrected chi connectivity index (χ4v) is 3.91. The van der Waals surface area contributed by atoms with Crippen molar-refractivity contribution in [2.45, 2.75) is 25.7 Å². The molecule has 11 heteroatoms. The summed E-state index contributed by atoms with van der Waals surface area (Å²) in [5.41, 5.74) is 1.62. The number of nitrogens with zero attached hydrogens (tertiary/aromatic N) is 4. The Morgan fingerprint density at radius 1 is 0.971 bits per heavy atom. The van der Waals surface area contributed by atoms with E-state index in [1.807, 2.05) is 0 Å². The highest BCUT2D eigenvalue weighted by atomic mass is 35.5. The quantitative estimate of drug-likeness (QED) is 0.279. The van der Waals surface area contributed by atoms with Crippen LogP contribution in [0.15, 0.2) is 65.6 Å². The molecule has 0 saturated carbocycles. The van der Waals surface area contributed by atoms with E-state index in [0.29, 0.717) is 37.5 Å². The Morgan fingerprint density at radius 2 is 1.71 bits per heavy atom. The lowest BCUT2D eigenvalue weighted by atomic mass is 10.1. The van der Waals surface area contributed by atoms with Gasteiger partial charge in [-0.05, 0) is 48.0 Å². The van der Waals surface area contributed by atoms with Gasteiger partial charge < -0.3 is 0 Å². The Hall–Kier alpha value is -2.81. The van der Waals surface area contributed by atoms with Crippen LogP contribution in [0.4, 0.5) is 13.2 Å². The topological polar surface area (TPSA) is 52.7 Å². The summed E-state index contributed by atoms with van der Waals surface area (Å²) in [6.45, 7) is -0.536. The Balaban J connectivity index is 1.72. The summed E-state index contributed by atoms with van der Waals surface area (Å²) in [5, 5.41) is 5.50. The van der Waals surface area contributed by atoms with Gasteiger partial charge in [-0.25, -0.2) is 9.48 Å². The van der Waals surface area contributed by atoms with Gasteiger partial charge >= 0.3 is 11.9 Å². The molecule has 5 nitrogen and oxygen atoms in total. The number of halogens is 6. The second-order valence-electron chi connectivity index (χ2n) is 7.44. The molecule has 0 spiro atoms. The average molecular weight is 528 g/mol. The minimum Gasteiger partial charge on any atom is -0.275 e. The Labute approximate surface area is 207 Å². The molecule has 0 fully saturated rings. The zero-order valence-corrected chi connectivity index (χ0v) is 19.6. The predicted octanol–water partition coefficient (Wildman–Crippen LogP) is 6.73. The van der Waals surface area contributed by atoms with E-state index in [-0.39, 0.29) is 12.4 Å². The number of rotatable bonds is 6. The van der Waals surface area contributed by atoms with Gasteiger partial charge in [-0.2, -0.15) is 13.2 Å². The highest BCUT2D eigenvalue weighted by Gasteiger charge is 2.28. The Bertz CT molecular complexity index is 1380. The second-order valence-corrected chi connectivity index (χ2v) is 8.66. The average Bonchev–Trinajstić information content (AvgIpc) is 3.09. The lowest BCUT2D eigenvalue weighted by Crippen LogP contribution is -2.27. The van der Waals surface area contributed by atoms with Gasteiger partial charge in [0.05, 0.1) is 28.7 Å². The van der Waals surface area contributed by atoms with Crippen molar-refractivity contribution in [2.24, 2.45) is 0 Å². The number of alkyl halides is 3. The van der Waals surface area contributed by atoms with Crippen LogP contribution in [-0.2, 0) is 13.1 Å². The summed E-state index contributed by atoms with van der Waals surface area (Å²) in [6.07, 6.45) is -4.03. The van der Waals surface area contributed by atoms with Crippen molar-refractivity contribution in [3.8, 4) is 22.6 Å². The van der Waals surface area contributed by atoms with Crippen molar-refractivity contribution >= 4 is 34.8 Å². The zero-order valence-electron chi connectivity index (χ0n) is 17.4. The van der Waals surface area contributed by atoms with Gasteiger partial charge in [0.25, 0.3) is 0 Å². The first-order chi connectivity index (χ1) is 16.1. The molecule has 2 aromatic heterocycles. The third-order valence-electron chi connectivity index (χ3n) is 5.03. The third-order valence-corrected chi connectivity index (χ3v) is 6.10. The monoisotopic (exact) mass is 526 g/mol. The minimum atomic E-state index is -4.42. The van der Waals surface area contributed by atoms with E-state index in [1.54, 1.807) is 60.8 Å². The number of aromatic nitrogens is 4. The van der Waals surface area contributed by atoms with E-state index in [4.69, 9.17) is 34.8 Å². The summed E-state index contributed by atoms with van der Waals surface area (Å²) >= 11 is 18.3. The van der Waals surface area contributed by atoms with E-state index >= 15 is 0 Å². The summed E-state index contributed by atoms with van der Waals surface area (Å²) in [5.74, 6) is 0.123. The number of pyridine rings is 1. The van der Waals surface area contributed by atoms with Gasteiger partial charge in [0.2, 0.25) is 0 Å². The highest BCUT2D eigenvalue weighted by molar-refractivity contribution is 6.43. The number of hydrogen-bond donors (Lipinski definition) is 0. The molecule has 0 saturated heterocycles. The molecule has 0 amide bonds. The standard InChI is InChI=1S/C23H16Cl3F3N4O/c24-16-6-4-15(5-7-16)21-31-33(22(34)32(21)11-9-23(27,28)29)13-14-8-10-30-19(12-14)17-2-1-3-18(25)20(17)26/h1-8,10,12H,9,11,13H2. The first-order valence-electron chi connectivity index (χ1n) is 10.0. The molecule has 0 aliphatic carbocycles. The molecule has 2 aromatic carbocycles. The van der Waals surface area contributed by atoms with Crippen LogP contribution in [0.5, 0.6) is 0 Å². The molecule has 0 aliphatic rings. The molecule has 4 rings (SSSR count). The van der Waals surface area contributed by atoms with E-state index in [9.17, 15) is 18.0 Å². The van der Waals surface area contributed by atoms with Crippen molar-refractivity contribution in [3.63, 3.8) is 0 Å². The molecule has 34 heavy (non-hydrogen) atoms. The van der Waals surface area contributed by atoms with Crippen LogP contribution in [0, 0.1) is 0 Å². The second kappa shape index (κ2) is 9.82. The highest BCUT2D eigenvalue weighted by Crippen LogP contribution is 2.32. The normalized spacial score (nSPS) is 11.7. The summed E-state index contributed by atoms with van der Waals surface area (Å²) in [7, 11) is 0. The van der Waals surface area contributed by atoms with Gasteiger partial charge in [-0.3, -0.25) is 9.55 Å². The van der Waals surface area contributed by atoms with Crippen LogP contribution in [-0.4, -0.2) is 25.5 Å². The summed E-state index contributed by atoms with van der Waals surface area (Å²) in [6, 6.07) is 14.9. The van der Waals surface area contributed by atoms with Crippen LogP contribution in [0.3, 0.4) is 0 Å². The Kier molecular flexibility index (Phi) is 7.02. The lowest BCUT2D eigenvalue weighted by Gasteiger charge is -2.08. The minimum absolute atomic E-state index is 0.0200. The van der Waals surface area contributed by atoms with Gasteiger partial charge in [0, 0.05) is 28.9 Å². The van der Waals surface area contributed by atoms with E-state index in [1.165, 1.54) is 0 Å². The van der Waals surface area contributed by atoms with Crippen molar-refractivity contribution in [1.82, 2.24) is 19.3 Å². The van der Waals surface area contributed by atoms with Crippen molar-refractivity contribution in [2.75, 3.05) is 0 Å². The molecule has 176 valence electrons. The largest absolute Gasteiger partial charge is 0.390 e. The summed E-state index contributed by atoms with van der Waals surface area (Å²) < 4.78 is 40.8. The molecular formula is C23H16Cl3F3N4O. The van der Waals surface area contributed by atoms with Crippen LogP contribution in [0.2, 0.25) is 15.1 Å². The number of benzene rings is 2. The van der Waals surface area contributed by atoms with Gasteiger partial charge in [0.15, 0.2) is 5.82 Å². The van der Waals surface area contributed by atoms with E-state index in [2.05, 4.69) is 10.1 Å². The molecule has 2 heterocycles. The van der Waals surface area contributed by atoms with E-state index in [0.717, 1.165) is 9.25 Å². The predicted molar refractivity (Wildman–Crippen MR) is 126 cm³/mol. The third kappa shape index (κ3) is 5.46. The Morgan fingerprint density at radius 3 is 2.41 bits per heavy atom. The maximum atomic E-state index is 13.0. The van der Waals surface area contributed by atoms with Crippen LogP contribution >= 0.6 is 34.8 Å². The van der Waals surface area contributed by atoms with Crippen LogP contribution in [0.25, 0.3) is 22.6 Å². The first kappa shape index (κ1) is 24.3.